The molecule has 4 heteroatoms. The minimum absolute atomic E-state index is 0.0772. The molecule has 2 rings (SSSR count). The van der Waals surface area contributed by atoms with Gasteiger partial charge in [0.2, 0.25) is 0 Å². The summed E-state index contributed by atoms with van der Waals surface area (Å²) in [6, 6.07) is 3.79. The fraction of sp³-hybridized carbons (Fsp3) is 0.647. The zero-order valence-corrected chi connectivity index (χ0v) is 14.1. The lowest BCUT2D eigenvalue weighted by Gasteiger charge is -2.23. The minimum Gasteiger partial charge on any atom is -0.373 e. The van der Waals surface area contributed by atoms with Gasteiger partial charge in [-0.15, -0.1) is 0 Å². The van der Waals surface area contributed by atoms with Crippen LogP contribution < -0.4 is 5.32 Å². The van der Waals surface area contributed by atoms with Crippen molar-refractivity contribution in [1.82, 2.24) is 9.88 Å². The maximum absolute atomic E-state index is 12.8. The number of amides is 1. The highest BCUT2D eigenvalue weighted by Crippen LogP contribution is 2.30. The zero-order chi connectivity index (χ0) is 15.8. The molecule has 1 amide bonds. The number of carbonyl (C=O) groups excluding carboxylic acids is 1. The van der Waals surface area contributed by atoms with E-state index in [1.807, 2.05) is 24.1 Å². The molecule has 1 aromatic heterocycles. The first-order valence-electron chi connectivity index (χ1n) is 7.62. The number of nitrogens with one attached hydrogen (secondary N) is 1. The van der Waals surface area contributed by atoms with Gasteiger partial charge < -0.3 is 10.2 Å². The Kier molecular flexibility index (Phi) is 4.00. The molecule has 0 saturated carbocycles. The molecule has 0 bridgehead atoms. The van der Waals surface area contributed by atoms with E-state index in [2.05, 4.69) is 44.9 Å². The normalized spacial score (nSPS) is 17.9. The lowest BCUT2D eigenvalue weighted by Crippen LogP contribution is -2.30. The molecule has 1 N–H and O–H groups in total. The van der Waals surface area contributed by atoms with E-state index in [4.69, 9.17) is 0 Å². The topological polar surface area (TPSA) is 45.2 Å². The van der Waals surface area contributed by atoms with Crippen molar-refractivity contribution in [3.05, 3.63) is 23.4 Å². The van der Waals surface area contributed by atoms with E-state index in [-0.39, 0.29) is 16.7 Å². The summed E-state index contributed by atoms with van der Waals surface area (Å²) < 4.78 is 0. The molecule has 0 spiro atoms. The van der Waals surface area contributed by atoms with Gasteiger partial charge in [0.05, 0.1) is 0 Å². The van der Waals surface area contributed by atoms with Gasteiger partial charge in [-0.3, -0.25) is 4.79 Å². The number of nitrogens with zero attached hydrogens (tertiary/aromatic N) is 2. The van der Waals surface area contributed by atoms with Crippen molar-refractivity contribution in [1.29, 1.82) is 0 Å². The van der Waals surface area contributed by atoms with E-state index >= 15 is 0 Å². The van der Waals surface area contributed by atoms with Crippen molar-refractivity contribution >= 4 is 11.7 Å². The Labute approximate surface area is 127 Å². The first-order valence-corrected chi connectivity index (χ1v) is 7.62. The quantitative estimate of drug-likeness (QED) is 0.908. The monoisotopic (exact) mass is 289 g/mol. The maximum Gasteiger partial charge on any atom is 0.254 e. The summed E-state index contributed by atoms with van der Waals surface area (Å²) >= 11 is 0. The Hall–Kier alpha value is -1.58. The van der Waals surface area contributed by atoms with Gasteiger partial charge in [0, 0.05) is 36.8 Å². The fourth-order valence-corrected chi connectivity index (χ4v) is 2.63. The Bertz CT molecular complexity index is 543. The highest BCUT2D eigenvalue weighted by Gasteiger charge is 2.33. The standard InChI is InChI=1S/C17H27N3O/c1-16(2,3)13-9-12(10-14(18-6)19-13)15(21)20-8-7-17(4,5)11-20/h9-10H,7-8,11H2,1-6H3,(H,18,19). The Morgan fingerprint density at radius 1 is 1.33 bits per heavy atom. The molecule has 1 saturated heterocycles. The molecule has 0 aromatic carbocycles. The third-order valence-corrected chi connectivity index (χ3v) is 4.06. The average Bonchev–Trinajstić information content (AvgIpc) is 2.76. The highest BCUT2D eigenvalue weighted by atomic mass is 16.2. The van der Waals surface area contributed by atoms with E-state index in [1.54, 1.807) is 0 Å². The number of likely N-dealkylation sites (tertiary alicyclic amines) is 1. The van der Waals surface area contributed by atoms with Crippen molar-refractivity contribution < 1.29 is 4.79 Å². The van der Waals surface area contributed by atoms with Crippen LogP contribution in [0.15, 0.2) is 12.1 Å². The number of hydrogen-bond acceptors (Lipinski definition) is 3. The van der Waals surface area contributed by atoms with Gasteiger partial charge in [0.1, 0.15) is 5.82 Å². The SMILES string of the molecule is CNc1cc(C(=O)N2CCC(C)(C)C2)cc(C(C)(C)C)n1. The van der Waals surface area contributed by atoms with Gasteiger partial charge in [-0.1, -0.05) is 34.6 Å². The van der Waals surface area contributed by atoms with Gasteiger partial charge in [-0.25, -0.2) is 4.98 Å². The summed E-state index contributed by atoms with van der Waals surface area (Å²) in [5.41, 5.74) is 1.82. The molecule has 0 atom stereocenters. The van der Waals surface area contributed by atoms with E-state index in [1.165, 1.54) is 0 Å². The zero-order valence-electron chi connectivity index (χ0n) is 14.1. The van der Waals surface area contributed by atoms with Crippen LogP contribution in [0.3, 0.4) is 0 Å². The summed E-state index contributed by atoms with van der Waals surface area (Å²) in [5.74, 6) is 0.870. The smallest absolute Gasteiger partial charge is 0.254 e. The first-order chi connectivity index (χ1) is 9.62. The molecule has 1 fully saturated rings. The van der Waals surface area contributed by atoms with Crippen LogP contribution in [0.2, 0.25) is 0 Å². The summed E-state index contributed by atoms with van der Waals surface area (Å²) in [6.07, 6.45) is 1.06. The fourth-order valence-electron chi connectivity index (χ4n) is 2.63. The second-order valence-electron chi connectivity index (χ2n) is 7.77. The number of aromatic nitrogens is 1. The molecule has 1 aromatic rings. The van der Waals surface area contributed by atoms with Gasteiger partial charge >= 0.3 is 0 Å². The van der Waals surface area contributed by atoms with Gasteiger partial charge in [0.15, 0.2) is 0 Å². The van der Waals surface area contributed by atoms with Crippen LogP contribution in [-0.2, 0) is 5.41 Å². The van der Waals surface area contributed by atoms with Crippen molar-refractivity contribution in [2.45, 2.75) is 46.5 Å². The summed E-state index contributed by atoms with van der Waals surface area (Å²) in [5, 5.41) is 3.06. The van der Waals surface area contributed by atoms with Crippen LogP contribution >= 0.6 is 0 Å². The molecule has 1 aliphatic rings. The molecule has 4 nitrogen and oxygen atoms in total. The lowest BCUT2D eigenvalue weighted by molar-refractivity contribution is 0.0778. The van der Waals surface area contributed by atoms with Crippen molar-refractivity contribution in [2.24, 2.45) is 5.41 Å². The molecular formula is C17H27N3O. The third kappa shape index (κ3) is 3.55. The summed E-state index contributed by atoms with van der Waals surface area (Å²) in [6.45, 7) is 12.4. The Balaban J connectivity index is 2.33. The van der Waals surface area contributed by atoms with Crippen LogP contribution in [0, 0.1) is 5.41 Å². The molecule has 116 valence electrons. The minimum atomic E-state index is -0.0772. The molecule has 0 aliphatic carbocycles. The first kappa shape index (κ1) is 15.8. The number of rotatable bonds is 2. The Morgan fingerprint density at radius 3 is 2.48 bits per heavy atom. The molecule has 0 radical (unpaired) electrons. The van der Waals surface area contributed by atoms with Crippen LogP contribution in [0.1, 0.15) is 57.1 Å². The second kappa shape index (κ2) is 5.32. The summed E-state index contributed by atoms with van der Waals surface area (Å²) in [7, 11) is 1.84. The predicted octanol–water partition coefficient (Wildman–Crippen LogP) is 3.29. The third-order valence-electron chi connectivity index (χ3n) is 4.06. The molecule has 0 unspecified atom stereocenters. The van der Waals surface area contributed by atoms with Crippen LogP contribution in [0.4, 0.5) is 5.82 Å². The molecule has 1 aliphatic heterocycles. The lowest BCUT2D eigenvalue weighted by atomic mass is 9.90. The molecular weight excluding hydrogens is 262 g/mol. The maximum atomic E-state index is 12.8. The number of carbonyl (C=O) groups is 1. The predicted molar refractivity (Wildman–Crippen MR) is 86.8 cm³/mol. The molecule has 21 heavy (non-hydrogen) atoms. The number of pyridine rings is 1. The second-order valence-corrected chi connectivity index (χ2v) is 7.77. The van der Waals surface area contributed by atoms with Gasteiger partial charge in [0.25, 0.3) is 5.91 Å². The van der Waals surface area contributed by atoms with Crippen molar-refractivity contribution in [3.63, 3.8) is 0 Å². The molecule has 2 heterocycles. The number of anilines is 1. The van der Waals surface area contributed by atoms with Gasteiger partial charge in [-0.05, 0) is 24.0 Å². The largest absolute Gasteiger partial charge is 0.373 e. The summed E-state index contributed by atoms with van der Waals surface area (Å²) in [4.78, 5) is 19.3. The van der Waals surface area contributed by atoms with Crippen molar-refractivity contribution in [3.8, 4) is 0 Å². The Morgan fingerprint density at radius 2 is 2.00 bits per heavy atom. The van der Waals surface area contributed by atoms with E-state index < -0.39 is 0 Å². The van der Waals surface area contributed by atoms with E-state index in [0.717, 1.165) is 36.6 Å². The average molecular weight is 289 g/mol. The van der Waals surface area contributed by atoms with Crippen LogP contribution in [-0.4, -0.2) is 35.9 Å². The van der Waals surface area contributed by atoms with Crippen molar-refractivity contribution in [2.75, 3.05) is 25.5 Å². The van der Waals surface area contributed by atoms with Gasteiger partial charge in [-0.2, -0.15) is 0 Å². The van der Waals surface area contributed by atoms with E-state index in [0.29, 0.717) is 0 Å². The van der Waals surface area contributed by atoms with Crippen LogP contribution in [0.25, 0.3) is 0 Å². The number of hydrogen-bond donors (Lipinski definition) is 1. The highest BCUT2D eigenvalue weighted by molar-refractivity contribution is 5.95. The van der Waals surface area contributed by atoms with Crippen LogP contribution in [0.5, 0.6) is 0 Å². The van der Waals surface area contributed by atoms with E-state index in [9.17, 15) is 4.79 Å².